The minimum Gasteiger partial charge on any atom is -0.426 e. The first-order valence-corrected chi connectivity index (χ1v) is 8.75. The maximum Gasteiger partial charge on any atom is 0.314 e. The number of carbonyl (C=O) groups excluding carboxylic acids is 1. The first kappa shape index (κ1) is 17.0. The minimum absolute atomic E-state index is 0.0385. The van der Waals surface area contributed by atoms with Gasteiger partial charge in [0.1, 0.15) is 5.75 Å². The van der Waals surface area contributed by atoms with Gasteiger partial charge in [-0.2, -0.15) is 5.26 Å². The van der Waals surface area contributed by atoms with Crippen molar-refractivity contribution >= 4 is 17.6 Å². The van der Waals surface area contributed by atoms with Gasteiger partial charge in [0.05, 0.1) is 17.6 Å². The molecule has 1 saturated carbocycles. The molecular weight excluding hydrogens is 310 g/mol. The molecule has 0 spiro atoms. The van der Waals surface area contributed by atoms with Crippen molar-refractivity contribution in [1.82, 2.24) is 0 Å². The van der Waals surface area contributed by atoms with E-state index in [2.05, 4.69) is 6.07 Å². The van der Waals surface area contributed by atoms with E-state index in [1.807, 2.05) is 48.5 Å². The summed E-state index contributed by atoms with van der Waals surface area (Å²) < 4.78 is 5.50. The molecule has 1 fully saturated rings. The van der Waals surface area contributed by atoms with Crippen molar-refractivity contribution in [2.24, 2.45) is 5.92 Å². The summed E-state index contributed by atoms with van der Waals surface area (Å²) in [7, 11) is 0. The fraction of sp³-hybridized carbons (Fsp3) is 0.273. The van der Waals surface area contributed by atoms with E-state index in [-0.39, 0.29) is 11.9 Å². The summed E-state index contributed by atoms with van der Waals surface area (Å²) in [5.74, 6) is 0.479. The maximum absolute atomic E-state index is 12.2. The number of esters is 1. The Labute approximate surface area is 148 Å². The van der Waals surface area contributed by atoms with E-state index >= 15 is 0 Å². The Kier molecular flexibility index (Phi) is 5.64. The molecule has 126 valence electrons. The van der Waals surface area contributed by atoms with Crippen LogP contribution >= 0.6 is 0 Å². The SMILES string of the molecule is N#C/C(=C/c1ccc(OC(=O)C2CCCCC2)cc1)c1ccccc1. The van der Waals surface area contributed by atoms with Crippen LogP contribution in [-0.2, 0) is 4.79 Å². The topological polar surface area (TPSA) is 50.1 Å². The Morgan fingerprint density at radius 3 is 2.32 bits per heavy atom. The molecular formula is C22H21NO2. The fourth-order valence-electron chi connectivity index (χ4n) is 3.13. The van der Waals surface area contributed by atoms with Crippen LogP contribution in [0.25, 0.3) is 11.6 Å². The van der Waals surface area contributed by atoms with Gasteiger partial charge in [-0.25, -0.2) is 0 Å². The maximum atomic E-state index is 12.2. The number of carbonyl (C=O) groups is 1. The van der Waals surface area contributed by atoms with Crippen LogP contribution in [0.1, 0.15) is 43.2 Å². The van der Waals surface area contributed by atoms with E-state index in [1.54, 1.807) is 12.1 Å². The van der Waals surface area contributed by atoms with E-state index in [0.717, 1.165) is 36.8 Å². The second-order valence-electron chi connectivity index (χ2n) is 6.36. The predicted octanol–water partition coefficient (Wildman–Crippen LogP) is 5.24. The zero-order valence-electron chi connectivity index (χ0n) is 14.2. The normalized spacial score (nSPS) is 15.4. The molecule has 0 amide bonds. The highest BCUT2D eigenvalue weighted by molar-refractivity contribution is 5.89. The fourth-order valence-corrected chi connectivity index (χ4v) is 3.13. The van der Waals surface area contributed by atoms with Gasteiger partial charge in [-0.1, -0.05) is 61.7 Å². The summed E-state index contributed by atoms with van der Waals surface area (Å²) in [5, 5.41) is 9.37. The number of nitrogens with zero attached hydrogens (tertiary/aromatic N) is 1. The van der Waals surface area contributed by atoms with Crippen molar-refractivity contribution in [1.29, 1.82) is 5.26 Å². The summed E-state index contributed by atoms with van der Waals surface area (Å²) in [6.45, 7) is 0. The predicted molar refractivity (Wildman–Crippen MR) is 98.6 cm³/mol. The Bertz CT molecular complexity index is 779. The van der Waals surface area contributed by atoms with Crippen molar-refractivity contribution in [2.45, 2.75) is 32.1 Å². The second kappa shape index (κ2) is 8.30. The number of benzene rings is 2. The van der Waals surface area contributed by atoms with Gasteiger partial charge in [0.25, 0.3) is 0 Å². The van der Waals surface area contributed by atoms with Crippen LogP contribution in [0.4, 0.5) is 0 Å². The summed E-state index contributed by atoms with van der Waals surface area (Å²) in [6.07, 6.45) is 7.14. The number of ether oxygens (including phenoxy) is 1. The molecule has 2 aromatic carbocycles. The molecule has 0 aliphatic heterocycles. The van der Waals surface area contributed by atoms with Gasteiger partial charge in [-0.15, -0.1) is 0 Å². The number of hydrogen-bond donors (Lipinski definition) is 0. The molecule has 0 unspecified atom stereocenters. The lowest BCUT2D eigenvalue weighted by Gasteiger charge is -2.19. The Morgan fingerprint density at radius 2 is 1.68 bits per heavy atom. The molecule has 0 radical (unpaired) electrons. The molecule has 1 aliphatic rings. The van der Waals surface area contributed by atoms with Gasteiger partial charge in [0, 0.05) is 0 Å². The molecule has 0 heterocycles. The first-order valence-electron chi connectivity index (χ1n) is 8.75. The average Bonchev–Trinajstić information content (AvgIpc) is 2.68. The Balaban J connectivity index is 1.68. The van der Waals surface area contributed by atoms with Crippen molar-refractivity contribution in [3.8, 4) is 11.8 Å². The van der Waals surface area contributed by atoms with Crippen LogP contribution in [-0.4, -0.2) is 5.97 Å². The van der Waals surface area contributed by atoms with Gasteiger partial charge in [-0.3, -0.25) is 4.79 Å². The zero-order valence-corrected chi connectivity index (χ0v) is 14.2. The molecule has 0 atom stereocenters. The van der Waals surface area contributed by atoms with Crippen LogP contribution in [0.2, 0.25) is 0 Å². The van der Waals surface area contributed by atoms with Crippen LogP contribution in [0, 0.1) is 17.2 Å². The molecule has 0 aromatic heterocycles. The Hall–Kier alpha value is -2.86. The van der Waals surface area contributed by atoms with Gasteiger partial charge in [-0.05, 0) is 42.2 Å². The average molecular weight is 331 g/mol. The number of nitriles is 1. The summed E-state index contributed by atoms with van der Waals surface area (Å²) in [5.41, 5.74) is 2.39. The lowest BCUT2D eigenvalue weighted by molar-refractivity contribution is -0.139. The number of rotatable bonds is 4. The molecule has 0 bridgehead atoms. The summed E-state index contributed by atoms with van der Waals surface area (Å²) in [6, 6.07) is 19.1. The highest BCUT2D eigenvalue weighted by Gasteiger charge is 2.22. The molecule has 25 heavy (non-hydrogen) atoms. The Morgan fingerprint density at radius 1 is 1.00 bits per heavy atom. The lowest BCUT2D eigenvalue weighted by atomic mass is 9.89. The van der Waals surface area contributed by atoms with E-state index in [1.165, 1.54) is 6.42 Å². The zero-order chi connectivity index (χ0) is 17.5. The van der Waals surface area contributed by atoms with E-state index in [9.17, 15) is 10.1 Å². The monoisotopic (exact) mass is 331 g/mol. The molecule has 0 saturated heterocycles. The molecule has 0 N–H and O–H groups in total. The molecule has 3 rings (SSSR count). The van der Waals surface area contributed by atoms with E-state index in [0.29, 0.717) is 11.3 Å². The third-order valence-corrected chi connectivity index (χ3v) is 4.55. The minimum atomic E-state index is -0.120. The first-order chi connectivity index (χ1) is 12.3. The smallest absolute Gasteiger partial charge is 0.314 e. The molecule has 1 aliphatic carbocycles. The van der Waals surface area contributed by atoms with Gasteiger partial charge in [0.2, 0.25) is 0 Å². The third-order valence-electron chi connectivity index (χ3n) is 4.55. The highest BCUT2D eigenvalue weighted by Crippen LogP contribution is 2.26. The largest absolute Gasteiger partial charge is 0.426 e. The van der Waals surface area contributed by atoms with Crippen LogP contribution in [0.15, 0.2) is 54.6 Å². The summed E-state index contributed by atoms with van der Waals surface area (Å²) >= 11 is 0. The van der Waals surface area contributed by atoms with Crippen LogP contribution in [0.3, 0.4) is 0 Å². The van der Waals surface area contributed by atoms with Crippen molar-refractivity contribution in [3.05, 3.63) is 65.7 Å². The van der Waals surface area contributed by atoms with Crippen molar-refractivity contribution < 1.29 is 9.53 Å². The number of allylic oxidation sites excluding steroid dienone is 1. The van der Waals surface area contributed by atoms with Gasteiger partial charge < -0.3 is 4.74 Å². The third kappa shape index (κ3) is 4.58. The lowest BCUT2D eigenvalue weighted by Crippen LogP contribution is -2.22. The molecule has 3 nitrogen and oxygen atoms in total. The van der Waals surface area contributed by atoms with Crippen molar-refractivity contribution in [3.63, 3.8) is 0 Å². The van der Waals surface area contributed by atoms with Gasteiger partial charge in [0.15, 0.2) is 0 Å². The van der Waals surface area contributed by atoms with Gasteiger partial charge >= 0.3 is 5.97 Å². The van der Waals surface area contributed by atoms with Crippen molar-refractivity contribution in [2.75, 3.05) is 0 Å². The molecule has 2 aromatic rings. The van der Waals surface area contributed by atoms with Crippen LogP contribution < -0.4 is 4.74 Å². The van der Waals surface area contributed by atoms with Crippen LogP contribution in [0.5, 0.6) is 5.75 Å². The molecule has 3 heteroatoms. The standard InChI is InChI=1S/C22H21NO2/c23-16-20(18-7-3-1-4-8-18)15-17-11-13-21(14-12-17)25-22(24)19-9-5-2-6-10-19/h1,3-4,7-8,11-15,19H,2,5-6,9-10H2/b20-15-. The quantitative estimate of drug-likeness (QED) is 0.333. The summed E-state index contributed by atoms with van der Waals surface area (Å²) in [4.78, 5) is 12.2. The highest BCUT2D eigenvalue weighted by atomic mass is 16.5. The van der Waals surface area contributed by atoms with E-state index < -0.39 is 0 Å². The van der Waals surface area contributed by atoms with E-state index in [4.69, 9.17) is 4.74 Å². The second-order valence-corrected chi connectivity index (χ2v) is 6.36. The number of hydrogen-bond acceptors (Lipinski definition) is 3.